The van der Waals surface area contributed by atoms with Gasteiger partial charge in [-0.3, -0.25) is 9.89 Å². The summed E-state index contributed by atoms with van der Waals surface area (Å²) >= 11 is 1.37. The van der Waals surface area contributed by atoms with Gasteiger partial charge in [0.25, 0.3) is 0 Å². The fraction of sp³-hybridized carbons (Fsp3) is 0.526. The van der Waals surface area contributed by atoms with Gasteiger partial charge >= 0.3 is 0 Å². The molecule has 0 saturated heterocycles. The number of nitrogens with zero attached hydrogens (tertiary/aromatic N) is 2. The Bertz CT molecular complexity index is 694. The normalized spacial score (nSPS) is 14.8. The van der Waals surface area contributed by atoms with Gasteiger partial charge in [-0.2, -0.15) is 0 Å². The van der Waals surface area contributed by atoms with Gasteiger partial charge in [-0.05, 0) is 36.5 Å². The predicted molar refractivity (Wildman–Crippen MR) is 102 cm³/mol. The molecule has 0 bridgehead atoms. The number of rotatable bonds is 8. The minimum Gasteiger partial charge on any atom is -0.325 e. The van der Waals surface area contributed by atoms with Crippen LogP contribution in [0.3, 0.4) is 0 Å². The van der Waals surface area contributed by atoms with Gasteiger partial charge in [-0.1, -0.05) is 56.5 Å². The van der Waals surface area contributed by atoms with Crippen LogP contribution in [0.4, 0.5) is 5.69 Å². The summed E-state index contributed by atoms with van der Waals surface area (Å²) in [7, 11) is 0. The van der Waals surface area contributed by atoms with Gasteiger partial charge < -0.3 is 5.32 Å². The standard InChI is InChI=1S/C19H26N4OS/c1-2-14-8-5-9-16(12-14)20-18(24)13-25-19-21-17(22-23-19)11-10-15-6-3-4-7-15/h5,8-9,12,15H,2-4,6-7,10-11,13H2,1H3,(H,20,24)(H,21,22,23). The lowest BCUT2D eigenvalue weighted by atomic mass is 10.0. The minimum absolute atomic E-state index is 0.0319. The lowest BCUT2D eigenvalue weighted by Gasteiger charge is -2.06. The number of aromatic amines is 1. The zero-order chi connectivity index (χ0) is 17.5. The Hall–Kier alpha value is -1.82. The van der Waals surface area contributed by atoms with Gasteiger partial charge in [0, 0.05) is 12.1 Å². The third-order valence-electron chi connectivity index (χ3n) is 4.73. The lowest BCUT2D eigenvalue weighted by Crippen LogP contribution is -2.14. The molecule has 0 unspecified atom stereocenters. The molecule has 6 heteroatoms. The topological polar surface area (TPSA) is 70.7 Å². The Morgan fingerprint density at radius 1 is 1.36 bits per heavy atom. The molecular weight excluding hydrogens is 332 g/mol. The van der Waals surface area contributed by atoms with Crippen molar-refractivity contribution in [3.05, 3.63) is 35.7 Å². The van der Waals surface area contributed by atoms with E-state index in [2.05, 4.69) is 33.5 Å². The number of carbonyl (C=O) groups is 1. The zero-order valence-electron chi connectivity index (χ0n) is 14.8. The van der Waals surface area contributed by atoms with Crippen molar-refractivity contribution in [2.24, 2.45) is 5.92 Å². The Balaban J connectivity index is 1.42. The number of hydrogen-bond donors (Lipinski definition) is 2. The molecule has 1 aliphatic carbocycles. The number of carbonyl (C=O) groups excluding carboxylic acids is 1. The Morgan fingerprint density at radius 3 is 3.00 bits per heavy atom. The third-order valence-corrected chi connectivity index (χ3v) is 5.57. The quantitative estimate of drug-likeness (QED) is 0.693. The molecule has 1 amide bonds. The van der Waals surface area contributed by atoms with Gasteiger partial charge in [-0.15, -0.1) is 5.10 Å². The first-order valence-electron chi connectivity index (χ1n) is 9.16. The van der Waals surface area contributed by atoms with Crippen LogP contribution in [0.1, 0.15) is 50.4 Å². The van der Waals surface area contributed by atoms with E-state index in [-0.39, 0.29) is 5.91 Å². The lowest BCUT2D eigenvalue weighted by molar-refractivity contribution is -0.113. The number of thioether (sulfide) groups is 1. The van der Waals surface area contributed by atoms with Crippen molar-refractivity contribution in [1.29, 1.82) is 0 Å². The highest BCUT2D eigenvalue weighted by Crippen LogP contribution is 2.28. The van der Waals surface area contributed by atoms with Gasteiger partial charge in [0.1, 0.15) is 5.82 Å². The highest BCUT2D eigenvalue weighted by Gasteiger charge is 2.16. The smallest absolute Gasteiger partial charge is 0.234 e. The van der Waals surface area contributed by atoms with Crippen LogP contribution in [-0.4, -0.2) is 26.8 Å². The van der Waals surface area contributed by atoms with Crippen molar-refractivity contribution in [3.63, 3.8) is 0 Å². The van der Waals surface area contributed by atoms with Crippen LogP contribution in [0.15, 0.2) is 29.4 Å². The van der Waals surface area contributed by atoms with Crippen molar-refractivity contribution in [3.8, 4) is 0 Å². The van der Waals surface area contributed by atoms with Crippen LogP contribution in [-0.2, 0) is 17.6 Å². The molecule has 1 heterocycles. The number of nitrogens with one attached hydrogen (secondary N) is 2. The average Bonchev–Trinajstić information content (AvgIpc) is 3.30. The highest BCUT2D eigenvalue weighted by atomic mass is 32.2. The number of hydrogen-bond acceptors (Lipinski definition) is 4. The summed E-state index contributed by atoms with van der Waals surface area (Å²) in [6.07, 6.45) is 8.56. The van der Waals surface area contributed by atoms with E-state index >= 15 is 0 Å². The molecule has 2 aromatic rings. The van der Waals surface area contributed by atoms with E-state index in [1.165, 1.54) is 49.4 Å². The summed E-state index contributed by atoms with van der Waals surface area (Å²) in [6.45, 7) is 2.10. The third kappa shape index (κ3) is 5.59. The molecule has 0 spiro atoms. The Labute approximate surface area is 153 Å². The monoisotopic (exact) mass is 358 g/mol. The second kappa shape index (κ2) is 9.04. The van der Waals surface area contributed by atoms with E-state index in [1.807, 2.05) is 18.2 Å². The fourth-order valence-corrected chi connectivity index (χ4v) is 3.91. The summed E-state index contributed by atoms with van der Waals surface area (Å²) in [6, 6.07) is 7.95. The van der Waals surface area contributed by atoms with Crippen LogP contribution in [0.5, 0.6) is 0 Å². The number of amides is 1. The van der Waals surface area contributed by atoms with Gasteiger partial charge in [0.2, 0.25) is 11.1 Å². The van der Waals surface area contributed by atoms with E-state index in [0.717, 1.165) is 30.3 Å². The van der Waals surface area contributed by atoms with E-state index in [0.29, 0.717) is 10.9 Å². The van der Waals surface area contributed by atoms with Crippen LogP contribution >= 0.6 is 11.8 Å². The first kappa shape index (κ1) is 18.0. The predicted octanol–water partition coefficient (Wildman–Crippen LogP) is 4.22. The van der Waals surface area contributed by atoms with Crippen molar-refractivity contribution in [2.45, 2.75) is 57.0 Å². The fourth-order valence-electron chi connectivity index (χ4n) is 3.29. The largest absolute Gasteiger partial charge is 0.325 e. The van der Waals surface area contributed by atoms with Crippen LogP contribution in [0.2, 0.25) is 0 Å². The Morgan fingerprint density at radius 2 is 2.20 bits per heavy atom. The first-order valence-corrected chi connectivity index (χ1v) is 10.1. The minimum atomic E-state index is -0.0319. The summed E-state index contributed by atoms with van der Waals surface area (Å²) in [5, 5.41) is 10.8. The molecule has 0 atom stereocenters. The zero-order valence-corrected chi connectivity index (χ0v) is 15.6. The summed E-state index contributed by atoms with van der Waals surface area (Å²) in [5.74, 6) is 2.07. The molecule has 2 N–H and O–H groups in total. The van der Waals surface area contributed by atoms with E-state index < -0.39 is 0 Å². The maximum Gasteiger partial charge on any atom is 0.234 e. The maximum absolute atomic E-state index is 12.1. The number of benzene rings is 1. The average molecular weight is 359 g/mol. The number of anilines is 1. The van der Waals surface area contributed by atoms with E-state index in [1.54, 1.807) is 0 Å². The summed E-state index contributed by atoms with van der Waals surface area (Å²) < 4.78 is 0. The molecule has 3 rings (SSSR count). The molecule has 0 radical (unpaired) electrons. The second-order valence-electron chi connectivity index (χ2n) is 6.64. The first-order chi connectivity index (χ1) is 12.2. The van der Waals surface area contributed by atoms with Crippen LogP contribution in [0, 0.1) is 5.92 Å². The second-order valence-corrected chi connectivity index (χ2v) is 7.59. The molecule has 1 aromatic carbocycles. The van der Waals surface area contributed by atoms with Crippen molar-refractivity contribution in [1.82, 2.24) is 15.2 Å². The Kier molecular flexibility index (Phi) is 6.50. The van der Waals surface area contributed by atoms with E-state index in [9.17, 15) is 4.79 Å². The van der Waals surface area contributed by atoms with Crippen molar-refractivity contribution >= 4 is 23.4 Å². The highest BCUT2D eigenvalue weighted by molar-refractivity contribution is 7.99. The molecule has 134 valence electrons. The van der Waals surface area contributed by atoms with Gasteiger partial charge in [0.15, 0.2) is 0 Å². The molecule has 1 fully saturated rings. The number of H-pyrrole nitrogens is 1. The molecule has 1 aliphatic rings. The van der Waals surface area contributed by atoms with Gasteiger partial charge in [-0.25, -0.2) is 4.98 Å². The maximum atomic E-state index is 12.1. The molecular formula is C19H26N4OS. The molecule has 1 aromatic heterocycles. The molecule has 1 saturated carbocycles. The van der Waals surface area contributed by atoms with Crippen molar-refractivity contribution in [2.75, 3.05) is 11.1 Å². The van der Waals surface area contributed by atoms with Gasteiger partial charge in [0.05, 0.1) is 5.75 Å². The summed E-state index contributed by atoms with van der Waals surface area (Å²) in [5.41, 5.74) is 2.06. The van der Waals surface area contributed by atoms with Crippen LogP contribution < -0.4 is 5.32 Å². The summed E-state index contributed by atoms with van der Waals surface area (Å²) in [4.78, 5) is 16.6. The number of aryl methyl sites for hydroxylation is 2. The number of aromatic nitrogens is 3. The molecule has 25 heavy (non-hydrogen) atoms. The van der Waals surface area contributed by atoms with Crippen molar-refractivity contribution < 1.29 is 4.79 Å². The van der Waals surface area contributed by atoms with E-state index in [4.69, 9.17) is 0 Å². The molecule has 0 aliphatic heterocycles. The SMILES string of the molecule is CCc1cccc(NC(=O)CSc2n[nH]c(CCC3CCCC3)n2)c1. The molecule has 5 nitrogen and oxygen atoms in total. The van der Waals surface area contributed by atoms with Crippen LogP contribution in [0.25, 0.3) is 0 Å².